The highest BCUT2D eigenvalue weighted by atomic mass is 16.6. The molecule has 4 amide bonds. The number of hydrogen-bond donors (Lipinski definition) is 2. The van der Waals surface area contributed by atoms with Gasteiger partial charge in [0, 0.05) is 6.61 Å². The van der Waals surface area contributed by atoms with Gasteiger partial charge in [0.15, 0.2) is 12.1 Å². The third-order valence-corrected chi connectivity index (χ3v) is 4.46. The lowest BCUT2D eigenvalue weighted by atomic mass is 9.83. The van der Waals surface area contributed by atoms with E-state index in [0.29, 0.717) is 22.7 Å². The van der Waals surface area contributed by atoms with E-state index in [9.17, 15) is 19.2 Å². The predicted octanol–water partition coefficient (Wildman–Crippen LogP) is 1.09. The Morgan fingerprint density at radius 3 is 2.07 bits per heavy atom. The van der Waals surface area contributed by atoms with Crippen molar-refractivity contribution in [2.75, 3.05) is 19.8 Å². The molecule has 9 heteroatoms. The standard InChI is InChI=1S/C21H21N3O6/c1-2-29-14-18(26)30-13-17(25)23-24-19(27)21(22-20(24)28,15-9-5-3-6-10-15)16-11-7-4-8-12-16/h3-12H,2,13-14H2,1H3,(H,22,28)(H,23,25). The van der Waals surface area contributed by atoms with Crippen LogP contribution in [0.1, 0.15) is 18.1 Å². The summed E-state index contributed by atoms with van der Waals surface area (Å²) in [4.78, 5) is 49.6. The van der Waals surface area contributed by atoms with Crippen molar-refractivity contribution in [1.29, 1.82) is 0 Å². The van der Waals surface area contributed by atoms with E-state index in [1.165, 1.54) is 0 Å². The van der Waals surface area contributed by atoms with Gasteiger partial charge < -0.3 is 14.8 Å². The molecule has 0 unspecified atom stereocenters. The predicted molar refractivity (Wildman–Crippen MR) is 105 cm³/mol. The SMILES string of the molecule is CCOCC(=O)OCC(=O)NN1C(=O)NC(c2ccccc2)(c2ccccc2)C1=O. The van der Waals surface area contributed by atoms with Crippen molar-refractivity contribution in [3.63, 3.8) is 0 Å². The molecular formula is C21H21N3O6. The van der Waals surface area contributed by atoms with Crippen molar-refractivity contribution in [3.05, 3.63) is 71.8 Å². The molecule has 1 aliphatic rings. The first kappa shape index (κ1) is 21.0. The number of nitrogens with one attached hydrogen (secondary N) is 2. The fourth-order valence-electron chi connectivity index (χ4n) is 3.10. The molecule has 0 atom stereocenters. The van der Waals surface area contributed by atoms with Crippen LogP contribution in [0.3, 0.4) is 0 Å². The van der Waals surface area contributed by atoms with Crippen molar-refractivity contribution in [3.8, 4) is 0 Å². The Balaban J connectivity index is 1.81. The monoisotopic (exact) mass is 411 g/mol. The second-order valence-electron chi connectivity index (χ2n) is 6.39. The number of hydrogen-bond acceptors (Lipinski definition) is 6. The van der Waals surface area contributed by atoms with E-state index in [4.69, 9.17) is 9.47 Å². The van der Waals surface area contributed by atoms with Gasteiger partial charge in [-0.2, -0.15) is 5.01 Å². The number of nitrogens with zero attached hydrogens (tertiary/aromatic N) is 1. The summed E-state index contributed by atoms with van der Waals surface area (Å²) in [6.07, 6.45) is 0. The van der Waals surface area contributed by atoms with E-state index < -0.39 is 36.0 Å². The molecule has 2 aromatic rings. The molecule has 1 fully saturated rings. The van der Waals surface area contributed by atoms with Gasteiger partial charge in [0.05, 0.1) is 0 Å². The molecule has 0 aliphatic carbocycles. The Kier molecular flexibility index (Phi) is 6.43. The minimum absolute atomic E-state index is 0.294. The van der Waals surface area contributed by atoms with E-state index in [1.54, 1.807) is 67.6 Å². The third kappa shape index (κ3) is 4.15. The Bertz CT molecular complexity index is 893. The van der Waals surface area contributed by atoms with Crippen LogP contribution in [0.4, 0.5) is 4.79 Å². The Labute approximate surface area is 172 Å². The Hall–Kier alpha value is -3.72. The molecule has 3 rings (SSSR count). The number of urea groups is 1. The van der Waals surface area contributed by atoms with Gasteiger partial charge in [-0.1, -0.05) is 60.7 Å². The van der Waals surface area contributed by atoms with Crippen molar-refractivity contribution in [2.24, 2.45) is 0 Å². The second kappa shape index (κ2) is 9.19. The lowest BCUT2D eigenvalue weighted by Gasteiger charge is -2.27. The summed E-state index contributed by atoms with van der Waals surface area (Å²) in [5, 5.41) is 3.29. The minimum atomic E-state index is -1.50. The van der Waals surface area contributed by atoms with Crippen LogP contribution in [-0.2, 0) is 29.4 Å². The number of rotatable bonds is 8. The van der Waals surface area contributed by atoms with Gasteiger partial charge in [-0.25, -0.2) is 9.59 Å². The number of ether oxygens (including phenoxy) is 2. The minimum Gasteiger partial charge on any atom is -0.454 e. The normalized spacial score (nSPS) is 14.9. The van der Waals surface area contributed by atoms with Crippen LogP contribution in [0.25, 0.3) is 0 Å². The summed E-state index contributed by atoms with van der Waals surface area (Å²) in [5.74, 6) is -2.24. The zero-order chi connectivity index (χ0) is 21.6. The smallest absolute Gasteiger partial charge is 0.344 e. The van der Waals surface area contributed by atoms with Crippen LogP contribution in [-0.4, -0.2) is 48.6 Å². The summed E-state index contributed by atoms with van der Waals surface area (Å²) in [5.41, 5.74) is 1.77. The highest BCUT2D eigenvalue weighted by Crippen LogP contribution is 2.35. The number of amides is 4. The van der Waals surface area contributed by atoms with Gasteiger partial charge in [0.2, 0.25) is 0 Å². The maximum Gasteiger partial charge on any atom is 0.344 e. The van der Waals surface area contributed by atoms with Crippen LogP contribution in [0, 0.1) is 0 Å². The number of imide groups is 1. The molecule has 0 spiro atoms. The fourth-order valence-corrected chi connectivity index (χ4v) is 3.10. The second-order valence-corrected chi connectivity index (χ2v) is 6.39. The molecule has 0 aromatic heterocycles. The Morgan fingerprint density at radius 1 is 0.967 bits per heavy atom. The molecule has 0 bridgehead atoms. The first-order valence-electron chi connectivity index (χ1n) is 9.29. The van der Waals surface area contributed by atoms with E-state index in [0.717, 1.165) is 0 Å². The van der Waals surface area contributed by atoms with Gasteiger partial charge in [-0.05, 0) is 18.1 Å². The molecule has 2 N–H and O–H groups in total. The molecule has 9 nitrogen and oxygen atoms in total. The van der Waals surface area contributed by atoms with Crippen LogP contribution in [0.15, 0.2) is 60.7 Å². The number of benzene rings is 2. The lowest BCUT2D eigenvalue weighted by Crippen LogP contribution is -2.50. The summed E-state index contributed by atoms with van der Waals surface area (Å²) in [6.45, 7) is 1.08. The van der Waals surface area contributed by atoms with Crippen LogP contribution in [0.2, 0.25) is 0 Å². The fraction of sp³-hybridized carbons (Fsp3) is 0.238. The van der Waals surface area contributed by atoms with E-state index in [-0.39, 0.29) is 6.61 Å². The molecule has 1 heterocycles. The summed E-state index contributed by atoms with van der Waals surface area (Å²) in [6, 6.07) is 16.6. The topological polar surface area (TPSA) is 114 Å². The van der Waals surface area contributed by atoms with Crippen molar-refractivity contribution < 1.29 is 28.7 Å². The summed E-state index contributed by atoms with van der Waals surface area (Å²) < 4.78 is 9.65. The van der Waals surface area contributed by atoms with Crippen molar-refractivity contribution in [1.82, 2.24) is 15.8 Å². The molecule has 2 aromatic carbocycles. The van der Waals surface area contributed by atoms with Crippen LogP contribution < -0.4 is 10.7 Å². The molecule has 0 radical (unpaired) electrons. The molecule has 0 saturated carbocycles. The van der Waals surface area contributed by atoms with Gasteiger partial charge >= 0.3 is 12.0 Å². The summed E-state index contributed by atoms with van der Waals surface area (Å²) >= 11 is 0. The number of carbonyl (C=O) groups excluding carboxylic acids is 4. The van der Waals surface area contributed by atoms with E-state index >= 15 is 0 Å². The van der Waals surface area contributed by atoms with Crippen molar-refractivity contribution in [2.45, 2.75) is 12.5 Å². The average Bonchev–Trinajstić information content (AvgIpc) is 3.03. The molecule has 1 aliphatic heterocycles. The third-order valence-electron chi connectivity index (χ3n) is 4.46. The summed E-state index contributed by atoms with van der Waals surface area (Å²) in [7, 11) is 0. The number of hydrazine groups is 1. The van der Waals surface area contributed by atoms with Gasteiger partial charge in [-0.15, -0.1) is 0 Å². The first-order valence-corrected chi connectivity index (χ1v) is 9.29. The molecular weight excluding hydrogens is 390 g/mol. The van der Waals surface area contributed by atoms with Gasteiger partial charge in [0.1, 0.15) is 6.61 Å². The van der Waals surface area contributed by atoms with Crippen LogP contribution >= 0.6 is 0 Å². The van der Waals surface area contributed by atoms with Crippen LogP contribution in [0.5, 0.6) is 0 Å². The maximum atomic E-state index is 13.4. The number of esters is 1. The maximum absolute atomic E-state index is 13.4. The highest BCUT2D eigenvalue weighted by Gasteiger charge is 2.54. The van der Waals surface area contributed by atoms with E-state index in [1.807, 2.05) is 0 Å². The molecule has 30 heavy (non-hydrogen) atoms. The number of carbonyl (C=O) groups is 4. The van der Waals surface area contributed by atoms with Crippen molar-refractivity contribution >= 4 is 23.8 Å². The molecule has 1 saturated heterocycles. The first-order chi connectivity index (χ1) is 14.5. The zero-order valence-corrected chi connectivity index (χ0v) is 16.3. The van der Waals surface area contributed by atoms with E-state index in [2.05, 4.69) is 10.7 Å². The largest absolute Gasteiger partial charge is 0.454 e. The Morgan fingerprint density at radius 2 is 1.53 bits per heavy atom. The van der Waals surface area contributed by atoms with Gasteiger partial charge in [0.25, 0.3) is 11.8 Å². The zero-order valence-electron chi connectivity index (χ0n) is 16.3. The molecule has 156 valence electrons. The quantitative estimate of drug-likeness (QED) is 0.497. The lowest BCUT2D eigenvalue weighted by molar-refractivity contribution is -0.154. The van der Waals surface area contributed by atoms with Gasteiger partial charge in [-0.3, -0.25) is 15.0 Å². The average molecular weight is 411 g/mol. The highest BCUT2D eigenvalue weighted by molar-refractivity contribution is 6.10.